The van der Waals surface area contributed by atoms with Crippen molar-refractivity contribution >= 4 is 5.69 Å². The summed E-state index contributed by atoms with van der Waals surface area (Å²) in [6.45, 7) is 9.80. The Morgan fingerprint density at radius 3 is 1.90 bits per heavy atom. The van der Waals surface area contributed by atoms with E-state index in [1.165, 1.54) is 27.9 Å². The largest absolute Gasteiger partial charge is 0.381 e. The molecule has 1 heteroatoms. The van der Waals surface area contributed by atoms with Crippen LogP contribution in [0.25, 0.3) is 0 Å². The Morgan fingerprint density at radius 1 is 0.857 bits per heavy atom. The van der Waals surface area contributed by atoms with Crippen LogP contribution in [0.5, 0.6) is 0 Å². The first-order chi connectivity index (χ1) is 10.2. The second kappa shape index (κ2) is 7.31. The SMILES string of the molecule is CCc1cccc(CC)c1NCc1ccc(C(C)C)cc1. The number of hydrogen-bond acceptors (Lipinski definition) is 1. The minimum absolute atomic E-state index is 0.597. The van der Waals surface area contributed by atoms with Gasteiger partial charge in [-0.1, -0.05) is 70.2 Å². The van der Waals surface area contributed by atoms with E-state index < -0.39 is 0 Å². The standard InChI is InChI=1S/C20H27N/c1-5-17-8-7-9-18(6-2)20(17)21-14-16-10-12-19(13-11-16)15(3)4/h7-13,15,21H,5-6,14H2,1-4H3. The predicted octanol–water partition coefficient (Wildman–Crippen LogP) is 5.55. The maximum atomic E-state index is 3.65. The number of aryl methyl sites for hydroxylation is 2. The lowest BCUT2D eigenvalue weighted by Gasteiger charge is -2.16. The number of anilines is 1. The molecule has 1 N–H and O–H groups in total. The van der Waals surface area contributed by atoms with Gasteiger partial charge in [-0.15, -0.1) is 0 Å². The topological polar surface area (TPSA) is 12.0 Å². The highest BCUT2D eigenvalue weighted by atomic mass is 14.9. The highest BCUT2D eigenvalue weighted by Crippen LogP contribution is 2.23. The smallest absolute Gasteiger partial charge is 0.0407 e. The zero-order valence-electron chi connectivity index (χ0n) is 13.7. The molecule has 0 aliphatic rings. The van der Waals surface area contributed by atoms with Gasteiger partial charge in [-0.2, -0.15) is 0 Å². The fourth-order valence-corrected chi connectivity index (χ4v) is 2.68. The monoisotopic (exact) mass is 281 g/mol. The van der Waals surface area contributed by atoms with Gasteiger partial charge in [0.2, 0.25) is 0 Å². The summed E-state index contributed by atoms with van der Waals surface area (Å²) in [4.78, 5) is 0. The van der Waals surface area contributed by atoms with E-state index in [1.807, 2.05) is 0 Å². The fraction of sp³-hybridized carbons (Fsp3) is 0.400. The van der Waals surface area contributed by atoms with Crippen molar-refractivity contribution in [3.8, 4) is 0 Å². The van der Waals surface area contributed by atoms with Crippen molar-refractivity contribution in [2.75, 3.05) is 5.32 Å². The van der Waals surface area contributed by atoms with Crippen molar-refractivity contribution in [1.29, 1.82) is 0 Å². The van der Waals surface area contributed by atoms with Gasteiger partial charge in [0.1, 0.15) is 0 Å². The summed E-state index contributed by atoms with van der Waals surface area (Å²) in [7, 11) is 0. The second-order valence-electron chi connectivity index (χ2n) is 5.91. The third-order valence-corrected chi connectivity index (χ3v) is 4.11. The van der Waals surface area contributed by atoms with Crippen molar-refractivity contribution in [2.45, 2.75) is 53.0 Å². The summed E-state index contributed by atoms with van der Waals surface area (Å²) < 4.78 is 0. The fourth-order valence-electron chi connectivity index (χ4n) is 2.68. The first kappa shape index (κ1) is 15.6. The minimum atomic E-state index is 0.597. The van der Waals surface area contributed by atoms with Gasteiger partial charge in [-0.05, 0) is 41.0 Å². The van der Waals surface area contributed by atoms with Crippen LogP contribution in [0.1, 0.15) is 55.9 Å². The Bertz CT molecular complexity index is 545. The Kier molecular flexibility index (Phi) is 5.44. The molecule has 1 nitrogen and oxygen atoms in total. The highest BCUT2D eigenvalue weighted by molar-refractivity contribution is 5.58. The molecule has 0 amide bonds. The van der Waals surface area contributed by atoms with Crippen LogP contribution in [0.2, 0.25) is 0 Å². The van der Waals surface area contributed by atoms with Gasteiger partial charge >= 0.3 is 0 Å². The van der Waals surface area contributed by atoms with Crippen LogP contribution >= 0.6 is 0 Å². The van der Waals surface area contributed by atoms with Gasteiger partial charge in [0, 0.05) is 12.2 Å². The van der Waals surface area contributed by atoms with Crippen LogP contribution in [0.4, 0.5) is 5.69 Å². The molecule has 0 bridgehead atoms. The molecule has 2 rings (SSSR count). The molecule has 0 aliphatic carbocycles. The zero-order chi connectivity index (χ0) is 15.2. The molecule has 0 aliphatic heterocycles. The predicted molar refractivity (Wildman–Crippen MR) is 93.1 cm³/mol. The molecule has 0 fully saturated rings. The van der Waals surface area contributed by atoms with Crippen molar-refractivity contribution in [2.24, 2.45) is 0 Å². The van der Waals surface area contributed by atoms with Crippen LogP contribution in [0.15, 0.2) is 42.5 Å². The summed E-state index contributed by atoms with van der Waals surface area (Å²) in [5.41, 5.74) is 6.89. The molecule has 0 radical (unpaired) electrons. The van der Waals surface area contributed by atoms with Crippen molar-refractivity contribution < 1.29 is 0 Å². The van der Waals surface area contributed by atoms with Gasteiger partial charge in [0.05, 0.1) is 0 Å². The molecule has 2 aromatic carbocycles. The molecular formula is C20H27N. The van der Waals surface area contributed by atoms with E-state index in [-0.39, 0.29) is 0 Å². The molecule has 0 heterocycles. The van der Waals surface area contributed by atoms with Crippen molar-refractivity contribution in [1.82, 2.24) is 0 Å². The molecule has 2 aromatic rings. The normalized spacial score (nSPS) is 10.9. The van der Waals surface area contributed by atoms with E-state index in [9.17, 15) is 0 Å². The molecule has 0 spiro atoms. The van der Waals surface area contributed by atoms with Gasteiger partial charge in [-0.3, -0.25) is 0 Å². The number of hydrogen-bond donors (Lipinski definition) is 1. The van der Waals surface area contributed by atoms with Crippen LogP contribution < -0.4 is 5.32 Å². The van der Waals surface area contributed by atoms with E-state index in [4.69, 9.17) is 0 Å². The molecule has 0 saturated carbocycles. The summed E-state index contributed by atoms with van der Waals surface area (Å²) in [5, 5.41) is 3.65. The number of nitrogens with one attached hydrogen (secondary N) is 1. The molecule has 112 valence electrons. The average Bonchev–Trinajstić information content (AvgIpc) is 2.52. The highest BCUT2D eigenvalue weighted by Gasteiger charge is 2.06. The Balaban J connectivity index is 2.12. The number of para-hydroxylation sites is 1. The Labute approximate surface area is 129 Å². The third kappa shape index (κ3) is 3.87. The lowest BCUT2D eigenvalue weighted by atomic mass is 10.0. The van der Waals surface area contributed by atoms with Gasteiger partial charge in [-0.25, -0.2) is 0 Å². The summed E-state index contributed by atoms with van der Waals surface area (Å²) in [6, 6.07) is 15.6. The van der Waals surface area contributed by atoms with Crippen molar-refractivity contribution in [3.63, 3.8) is 0 Å². The molecule has 0 aromatic heterocycles. The van der Waals surface area contributed by atoms with E-state index in [2.05, 4.69) is 75.5 Å². The zero-order valence-corrected chi connectivity index (χ0v) is 13.7. The number of benzene rings is 2. The lowest BCUT2D eigenvalue weighted by molar-refractivity contribution is 0.865. The molecule has 0 unspecified atom stereocenters. The average molecular weight is 281 g/mol. The minimum Gasteiger partial charge on any atom is -0.381 e. The third-order valence-electron chi connectivity index (χ3n) is 4.11. The van der Waals surface area contributed by atoms with Gasteiger partial charge < -0.3 is 5.32 Å². The van der Waals surface area contributed by atoms with Crippen LogP contribution in [0.3, 0.4) is 0 Å². The van der Waals surface area contributed by atoms with E-state index in [0.717, 1.165) is 19.4 Å². The van der Waals surface area contributed by atoms with E-state index in [1.54, 1.807) is 0 Å². The molecular weight excluding hydrogens is 254 g/mol. The maximum absolute atomic E-state index is 3.65. The summed E-state index contributed by atoms with van der Waals surface area (Å²) >= 11 is 0. The Hall–Kier alpha value is -1.76. The van der Waals surface area contributed by atoms with Crippen LogP contribution in [0, 0.1) is 0 Å². The maximum Gasteiger partial charge on any atom is 0.0407 e. The van der Waals surface area contributed by atoms with Crippen molar-refractivity contribution in [3.05, 3.63) is 64.7 Å². The summed E-state index contributed by atoms with van der Waals surface area (Å²) in [6.07, 6.45) is 2.14. The quantitative estimate of drug-likeness (QED) is 0.732. The van der Waals surface area contributed by atoms with Gasteiger partial charge in [0.25, 0.3) is 0 Å². The van der Waals surface area contributed by atoms with Gasteiger partial charge in [0.15, 0.2) is 0 Å². The van der Waals surface area contributed by atoms with Crippen LogP contribution in [-0.4, -0.2) is 0 Å². The van der Waals surface area contributed by atoms with E-state index >= 15 is 0 Å². The summed E-state index contributed by atoms with van der Waals surface area (Å²) in [5.74, 6) is 0.597. The van der Waals surface area contributed by atoms with E-state index in [0.29, 0.717) is 5.92 Å². The number of rotatable bonds is 6. The molecule has 0 atom stereocenters. The first-order valence-corrected chi connectivity index (χ1v) is 8.09. The Morgan fingerprint density at radius 2 is 1.43 bits per heavy atom. The molecule has 0 saturated heterocycles. The lowest BCUT2D eigenvalue weighted by Crippen LogP contribution is -2.05. The molecule has 21 heavy (non-hydrogen) atoms. The second-order valence-corrected chi connectivity index (χ2v) is 5.91. The first-order valence-electron chi connectivity index (χ1n) is 8.09. The van der Waals surface area contributed by atoms with Crippen LogP contribution in [-0.2, 0) is 19.4 Å².